The standard InChI is InChI=1S/C16H20FN3S/c1-10(8-18)16-11(2)19-15(20-12(16)3)9-21-14-7-5-4-6-13(14)17/h4-7,10H,8-9,18H2,1-3H3. The minimum absolute atomic E-state index is 0.204. The summed E-state index contributed by atoms with van der Waals surface area (Å²) < 4.78 is 13.6. The van der Waals surface area contributed by atoms with Gasteiger partial charge < -0.3 is 5.73 Å². The fourth-order valence-electron chi connectivity index (χ4n) is 2.39. The van der Waals surface area contributed by atoms with E-state index < -0.39 is 0 Å². The number of nitrogens with two attached hydrogens (primary N) is 1. The highest BCUT2D eigenvalue weighted by atomic mass is 32.2. The Hall–Kier alpha value is -1.46. The number of halogens is 1. The molecule has 0 aliphatic rings. The van der Waals surface area contributed by atoms with Gasteiger partial charge in [-0.25, -0.2) is 14.4 Å². The number of aryl methyl sites for hydroxylation is 2. The van der Waals surface area contributed by atoms with Crippen LogP contribution in [0.5, 0.6) is 0 Å². The van der Waals surface area contributed by atoms with Gasteiger partial charge in [-0.15, -0.1) is 11.8 Å². The molecular weight excluding hydrogens is 285 g/mol. The van der Waals surface area contributed by atoms with Crippen molar-refractivity contribution in [2.75, 3.05) is 6.54 Å². The quantitative estimate of drug-likeness (QED) is 0.858. The van der Waals surface area contributed by atoms with Gasteiger partial charge in [0.05, 0.1) is 5.75 Å². The predicted molar refractivity (Wildman–Crippen MR) is 84.9 cm³/mol. The Labute approximate surface area is 129 Å². The summed E-state index contributed by atoms with van der Waals surface area (Å²) in [5.74, 6) is 1.33. The van der Waals surface area contributed by atoms with Crippen LogP contribution in [-0.4, -0.2) is 16.5 Å². The molecule has 1 unspecified atom stereocenters. The molecule has 0 spiro atoms. The summed E-state index contributed by atoms with van der Waals surface area (Å²) in [6.07, 6.45) is 0. The molecule has 112 valence electrons. The molecule has 0 saturated carbocycles. The van der Waals surface area contributed by atoms with Crippen molar-refractivity contribution in [1.82, 2.24) is 9.97 Å². The largest absolute Gasteiger partial charge is 0.330 e. The Balaban J connectivity index is 2.17. The maximum atomic E-state index is 13.6. The molecule has 2 aromatic rings. The van der Waals surface area contributed by atoms with Crippen LogP contribution in [0.1, 0.15) is 35.6 Å². The van der Waals surface area contributed by atoms with Gasteiger partial charge in [0.1, 0.15) is 11.6 Å². The summed E-state index contributed by atoms with van der Waals surface area (Å²) in [5, 5.41) is 0. The van der Waals surface area contributed by atoms with E-state index in [0.717, 1.165) is 22.8 Å². The molecule has 5 heteroatoms. The van der Waals surface area contributed by atoms with Crippen molar-refractivity contribution in [2.45, 2.75) is 37.3 Å². The van der Waals surface area contributed by atoms with E-state index in [1.807, 2.05) is 19.9 Å². The molecule has 1 heterocycles. The molecule has 0 saturated heterocycles. The molecule has 21 heavy (non-hydrogen) atoms. The van der Waals surface area contributed by atoms with E-state index in [9.17, 15) is 4.39 Å². The first-order chi connectivity index (χ1) is 10.0. The number of aromatic nitrogens is 2. The van der Waals surface area contributed by atoms with Crippen LogP contribution in [-0.2, 0) is 5.75 Å². The Morgan fingerprint density at radius 3 is 2.38 bits per heavy atom. The number of benzene rings is 1. The highest BCUT2D eigenvalue weighted by Gasteiger charge is 2.14. The van der Waals surface area contributed by atoms with Crippen LogP contribution >= 0.6 is 11.8 Å². The van der Waals surface area contributed by atoms with Crippen molar-refractivity contribution in [3.63, 3.8) is 0 Å². The predicted octanol–water partition coefficient (Wildman–Crippen LogP) is 3.59. The lowest BCUT2D eigenvalue weighted by Gasteiger charge is -2.15. The first-order valence-corrected chi connectivity index (χ1v) is 7.93. The van der Waals surface area contributed by atoms with Gasteiger partial charge in [0.15, 0.2) is 0 Å². The van der Waals surface area contributed by atoms with E-state index in [4.69, 9.17) is 5.73 Å². The van der Waals surface area contributed by atoms with Crippen LogP contribution in [0.15, 0.2) is 29.2 Å². The summed E-state index contributed by atoms with van der Waals surface area (Å²) in [6.45, 7) is 6.61. The van der Waals surface area contributed by atoms with Gasteiger partial charge in [0, 0.05) is 16.3 Å². The minimum Gasteiger partial charge on any atom is -0.330 e. The van der Waals surface area contributed by atoms with Crippen molar-refractivity contribution in [1.29, 1.82) is 0 Å². The summed E-state index contributed by atoms with van der Waals surface area (Å²) in [5.41, 5.74) is 8.78. The molecule has 0 amide bonds. The lowest BCUT2D eigenvalue weighted by Crippen LogP contribution is -2.14. The Morgan fingerprint density at radius 1 is 1.19 bits per heavy atom. The SMILES string of the molecule is Cc1nc(CSc2ccccc2F)nc(C)c1C(C)CN. The van der Waals surface area contributed by atoms with Crippen molar-refractivity contribution >= 4 is 11.8 Å². The van der Waals surface area contributed by atoms with E-state index in [0.29, 0.717) is 17.2 Å². The number of hydrogen-bond acceptors (Lipinski definition) is 4. The summed E-state index contributed by atoms with van der Waals surface area (Å²) in [7, 11) is 0. The molecule has 0 radical (unpaired) electrons. The number of rotatable bonds is 5. The fraction of sp³-hybridized carbons (Fsp3) is 0.375. The molecule has 0 aliphatic heterocycles. The summed E-state index contributed by atoms with van der Waals surface area (Å²) >= 11 is 1.41. The van der Waals surface area contributed by atoms with Crippen molar-refractivity contribution in [3.8, 4) is 0 Å². The zero-order chi connectivity index (χ0) is 15.4. The smallest absolute Gasteiger partial charge is 0.139 e. The number of thioether (sulfide) groups is 1. The third kappa shape index (κ3) is 3.80. The van der Waals surface area contributed by atoms with Gasteiger partial charge in [-0.1, -0.05) is 19.1 Å². The van der Waals surface area contributed by atoms with Gasteiger partial charge in [-0.3, -0.25) is 0 Å². The summed E-state index contributed by atoms with van der Waals surface area (Å²) in [6, 6.07) is 6.75. The Kier molecular flexibility index (Phi) is 5.31. The van der Waals surface area contributed by atoms with Gasteiger partial charge in [0.25, 0.3) is 0 Å². The van der Waals surface area contributed by atoms with Crippen LogP contribution in [0.2, 0.25) is 0 Å². The van der Waals surface area contributed by atoms with E-state index >= 15 is 0 Å². The topological polar surface area (TPSA) is 51.8 Å². The van der Waals surface area contributed by atoms with E-state index in [1.165, 1.54) is 17.8 Å². The van der Waals surface area contributed by atoms with Crippen molar-refractivity contribution in [3.05, 3.63) is 52.9 Å². The second-order valence-electron chi connectivity index (χ2n) is 5.08. The van der Waals surface area contributed by atoms with Gasteiger partial charge in [-0.2, -0.15) is 0 Å². The lowest BCUT2D eigenvalue weighted by molar-refractivity contribution is 0.602. The van der Waals surface area contributed by atoms with E-state index in [1.54, 1.807) is 12.1 Å². The van der Waals surface area contributed by atoms with Crippen LogP contribution in [0, 0.1) is 19.7 Å². The third-order valence-electron chi connectivity index (χ3n) is 3.41. The van der Waals surface area contributed by atoms with Gasteiger partial charge >= 0.3 is 0 Å². The molecule has 3 nitrogen and oxygen atoms in total. The Bertz CT molecular complexity index is 608. The number of hydrogen-bond donors (Lipinski definition) is 1. The van der Waals surface area contributed by atoms with E-state index in [2.05, 4.69) is 16.9 Å². The molecule has 0 aliphatic carbocycles. The minimum atomic E-state index is -0.204. The van der Waals surface area contributed by atoms with Gasteiger partial charge in [-0.05, 0) is 44.0 Å². The first-order valence-electron chi connectivity index (χ1n) is 6.94. The van der Waals surface area contributed by atoms with Gasteiger partial charge in [0.2, 0.25) is 0 Å². The molecule has 2 N–H and O–H groups in total. The third-order valence-corrected chi connectivity index (χ3v) is 4.46. The molecular formula is C16H20FN3S. The second-order valence-corrected chi connectivity index (χ2v) is 6.10. The maximum Gasteiger partial charge on any atom is 0.139 e. The molecule has 0 bridgehead atoms. The van der Waals surface area contributed by atoms with Crippen LogP contribution in [0.3, 0.4) is 0 Å². The van der Waals surface area contributed by atoms with Crippen LogP contribution in [0.25, 0.3) is 0 Å². The fourth-order valence-corrected chi connectivity index (χ4v) is 3.19. The average Bonchev–Trinajstić information content (AvgIpc) is 2.45. The normalized spacial score (nSPS) is 12.4. The van der Waals surface area contributed by atoms with Crippen molar-refractivity contribution in [2.24, 2.45) is 5.73 Å². The maximum absolute atomic E-state index is 13.6. The molecule has 1 aromatic carbocycles. The zero-order valence-corrected chi connectivity index (χ0v) is 13.4. The van der Waals surface area contributed by atoms with Crippen molar-refractivity contribution < 1.29 is 4.39 Å². The monoisotopic (exact) mass is 305 g/mol. The zero-order valence-electron chi connectivity index (χ0n) is 12.6. The van der Waals surface area contributed by atoms with E-state index in [-0.39, 0.29) is 11.7 Å². The molecule has 0 fully saturated rings. The highest BCUT2D eigenvalue weighted by Crippen LogP contribution is 2.26. The Morgan fingerprint density at radius 2 is 1.81 bits per heavy atom. The second kappa shape index (κ2) is 7.00. The molecule has 1 aromatic heterocycles. The molecule has 1 atom stereocenters. The summed E-state index contributed by atoms with van der Waals surface area (Å²) in [4.78, 5) is 9.70. The lowest BCUT2D eigenvalue weighted by atomic mass is 9.98. The van der Waals surface area contributed by atoms with Crippen LogP contribution in [0.4, 0.5) is 4.39 Å². The average molecular weight is 305 g/mol. The first kappa shape index (κ1) is 15.9. The number of nitrogens with zero attached hydrogens (tertiary/aromatic N) is 2. The van der Waals surface area contributed by atoms with Crippen LogP contribution < -0.4 is 5.73 Å². The highest BCUT2D eigenvalue weighted by molar-refractivity contribution is 7.98. The molecule has 2 rings (SSSR count).